The van der Waals surface area contributed by atoms with Gasteiger partial charge in [-0.05, 0) is 42.3 Å². The summed E-state index contributed by atoms with van der Waals surface area (Å²) in [5.74, 6) is -2.20. The molecule has 1 amide bonds. The second kappa shape index (κ2) is 8.05. The summed E-state index contributed by atoms with van der Waals surface area (Å²) in [5.41, 5.74) is 7.25. The van der Waals surface area contributed by atoms with Gasteiger partial charge in [-0.15, -0.1) is 0 Å². The standard InChI is InChI=1S/C19H18F2N4O2/c20-15-4-1-11(6-16(15)21)5-12(9-26)8-23-19(27)13-2-3-14-17(7-13)24-10-25-18(14)22/h1-4,6-7,10,12,26H,5,8-9H2,(H,23,27)(H2,22,24,25). The average Bonchev–Trinajstić information content (AvgIpc) is 2.67. The molecule has 27 heavy (non-hydrogen) atoms. The number of hydrogen-bond donors (Lipinski definition) is 3. The Bertz CT molecular complexity index is 981. The summed E-state index contributed by atoms with van der Waals surface area (Å²) in [6, 6.07) is 8.47. The van der Waals surface area contributed by atoms with Crippen LogP contribution >= 0.6 is 0 Å². The van der Waals surface area contributed by atoms with E-state index in [-0.39, 0.29) is 25.0 Å². The van der Waals surface area contributed by atoms with E-state index >= 15 is 0 Å². The zero-order chi connectivity index (χ0) is 19.4. The Morgan fingerprint density at radius 2 is 1.96 bits per heavy atom. The highest BCUT2D eigenvalue weighted by molar-refractivity contribution is 5.99. The van der Waals surface area contributed by atoms with Gasteiger partial charge >= 0.3 is 0 Å². The third-order valence-corrected chi connectivity index (χ3v) is 4.25. The molecule has 0 aliphatic rings. The van der Waals surface area contributed by atoms with Crippen LogP contribution < -0.4 is 11.1 Å². The molecule has 1 aromatic heterocycles. The molecule has 1 unspecified atom stereocenters. The molecule has 0 radical (unpaired) electrons. The number of benzene rings is 2. The first-order valence-electron chi connectivity index (χ1n) is 8.31. The Morgan fingerprint density at radius 3 is 2.70 bits per heavy atom. The predicted octanol–water partition coefficient (Wildman–Crippen LogP) is 2.07. The smallest absolute Gasteiger partial charge is 0.251 e. The lowest BCUT2D eigenvalue weighted by Crippen LogP contribution is -2.31. The number of amides is 1. The Hall–Kier alpha value is -3.13. The maximum Gasteiger partial charge on any atom is 0.251 e. The van der Waals surface area contributed by atoms with Crippen LogP contribution in [0.25, 0.3) is 10.9 Å². The topological polar surface area (TPSA) is 101 Å². The number of aliphatic hydroxyl groups is 1. The van der Waals surface area contributed by atoms with E-state index in [1.54, 1.807) is 18.2 Å². The highest BCUT2D eigenvalue weighted by atomic mass is 19.2. The fourth-order valence-corrected chi connectivity index (χ4v) is 2.76. The van der Waals surface area contributed by atoms with E-state index < -0.39 is 11.6 Å². The van der Waals surface area contributed by atoms with Crippen LogP contribution in [0.1, 0.15) is 15.9 Å². The normalized spacial score (nSPS) is 12.1. The number of aliphatic hydroxyl groups excluding tert-OH is 1. The van der Waals surface area contributed by atoms with Crippen molar-refractivity contribution in [1.82, 2.24) is 15.3 Å². The molecule has 0 fully saturated rings. The monoisotopic (exact) mass is 372 g/mol. The van der Waals surface area contributed by atoms with Crippen molar-refractivity contribution in [1.29, 1.82) is 0 Å². The Balaban J connectivity index is 1.65. The quantitative estimate of drug-likeness (QED) is 0.615. The summed E-state index contributed by atoms with van der Waals surface area (Å²) in [5, 5.41) is 12.9. The number of nitrogens with zero attached hydrogens (tertiary/aromatic N) is 2. The molecule has 6 nitrogen and oxygen atoms in total. The van der Waals surface area contributed by atoms with Gasteiger partial charge in [-0.3, -0.25) is 4.79 Å². The number of nitrogen functional groups attached to an aromatic ring is 1. The summed E-state index contributed by atoms with van der Waals surface area (Å²) in [6.07, 6.45) is 1.62. The molecule has 4 N–H and O–H groups in total. The number of aromatic nitrogens is 2. The summed E-state index contributed by atoms with van der Waals surface area (Å²) in [6.45, 7) is -0.0287. The lowest BCUT2D eigenvalue weighted by atomic mass is 9.99. The zero-order valence-corrected chi connectivity index (χ0v) is 14.3. The van der Waals surface area contributed by atoms with Crippen molar-refractivity contribution in [2.45, 2.75) is 6.42 Å². The molecule has 0 aliphatic heterocycles. The number of halogens is 2. The molecule has 0 bridgehead atoms. The van der Waals surface area contributed by atoms with Gasteiger partial charge in [-0.25, -0.2) is 18.7 Å². The van der Waals surface area contributed by atoms with Crippen molar-refractivity contribution in [3.8, 4) is 0 Å². The Kier molecular flexibility index (Phi) is 5.56. The van der Waals surface area contributed by atoms with Crippen molar-refractivity contribution in [2.24, 2.45) is 5.92 Å². The second-order valence-electron chi connectivity index (χ2n) is 6.20. The van der Waals surface area contributed by atoms with E-state index in [0.29, 0.717) is 34.3 Å². The van der Waals surface area contributed by atoms with E-state index in [9.17, 15) is 18.7 Å². The molecule has 0 saturated carbocycles. The average molecular weight is 372 g/mol. The lowest BCUT2D eigenvalue weighted by molar-refractivity contribution is 0.0940. The van der Waals surface area contributed by atoms with Crippen LogP contribution in [0.2, 0.25) is 0 Å². The largest absolute Gasteiger partial charge is 0.396 e. The van der Waals surface area contributed by atoms with Crippen molar-refractivity contribution < 1.29 is 18.7 Å². The van der Waals surface area contributed by atoms with Gasteiger partial charge in [0, 0.05) is 30.0 Å². The SMILES string of the molecule is Nc1ncnc2cc(C(=O)NCC(CO)Cc3ccc(F)c(F)c3)ccc12. The van der Waals surface area contributed by atoms with Gasteiger partial charge in [0.25, 0.3) is 5.91 Å². The third-order valence-electron chi connectivity index (χ3n) is 4.25. The third kappa shape index (κ3) is 4.35. The van der Waals surface area contributed by atoms with Crippen molar-refractivity contribution in [3.05, 3.63) is 65.5 Å². The minimum Gasteiger partial charge on any atom is -0.396 e. The van der Waals surface area contributed by atoms with Crippen LogP contribution in [0, 0.1) is 17.6 Å². The fourth-order valence-electron chi connectivity index (χ4n) is 2.76. The predicted molar refractivity (Wildman–Crippen MR) is 96.9 cm³/mol. The molecule has 0 spiro atoms. The minimum atomic E-state index is -0.939. The minimum absolute atomic E-state index is 0.179. The molecule has 2 aromatic carbocycles. The number of anilines is 1. The molecule has 1 atom stereocenters. The summed E-state index contributed by atoms with van der Waals surface area (Å²) >= 11 is 0. The van der Waals surface area contributed by atoms with Crippen LogP contribution in [0.15, 0.2) is 42.7 Å². The Morgan fingerprint density at radius 1 is 1.15 bits per heavy atom. The molecule has 1 heterocycles. The zero-order valence-electron chi connectivity index (χ0n) is 14.3. The molecule has 0 saturated heterocycles. The number of nitrogens with two attached hydrogens (primary N) is 1. The molecule has 3 aromatic rings. The van der Waals surface area contributed by atoms with Gasteiger partial charge in [0.05, 0.1) is 5.52 Å². The van der Waals surface area contributed by atoms with E-state index in [0.717, 1.165) is 12.1 Å². The van der Waals surface area contributed by atoms with Gasteiger partial charge in [-0.1, -0.05) is 6.07 Å². The summed E-state index contributed by atoms with van der Waals surface area (Å²) in [4.78, 5) is 20.4. The van der Waals surface area contributed by atoms with Crippen LogP contribution in [-0.2, 0) is 6.42 Å². The molecule has 140 valence electrons. The fraction of sp³-hybridized carbons (Fsp3) is 0.211. The highest BCUT2D eigenvalue weighted by Crippen LogP contribution is 2.18. The van der Waals surface area contributed by atoms with Crippen LogP contribution in [0.3, 0.4) is 0 Å². The van der Waals surface area contributed by atoms with Crippen LogP contribution in [-0.4, -0.2) is 34.1 Å². The van der Waals surface area contributed by atoms with Crippen LogP contribution in [0.5, 0.6) is 0 Å². The number of hydrogen-bond acceptors (Lipinski definition) is 5. The highest BCUT2D eigenvalue weighted by Gasteiger charge is 2.14. The van der Waals surface area contributed by atoms with Crippen molar-refractivity contribution in [3.63, 3.8) is 0 Å². The van der Waals surface area contributed by atoms with Gasteiger partial charge in [0.15, 0.2) is 11.6 Å². The van der Waals surface area contributed by atoms with E-state index in [4.69, 9.17) is 5.73 Å². The van der Waals surface area contributed by atoms with Crippen molar-refractivity contribution >= 4 is 22.6 Å². The molecule has 0 aliphatic carbocycles. The van der Waals surface area contributed by atoms with Gasteiger partial charge in [0.1, 0.15) is 12.1 Å². The number of carbonyl (C=O) groups is 1. The lowest BCUT2D eigenvalue weighted by Gasteiger charge is -2.15. The van der Waals surface area contributed by atoms with Gasteiger partial charge in [0.2, 0.25) is 0 Å². The second-order valence-corrected chi connectivity index (χ2v) is 6.20. The van der Waals surface area contributed by atoms with E-state index in [1.807, 2.05) is 0 Å². The van der Waals surface area contributed by atoms with Gasteiger partial charge < -0.3 is 16.2 Å². The number of nitrogens with one attached hydrogen (secondary N) is 1. The molecular formula is C19H18F2N4O2. The van der Waals surface area contributed by atoms with Crippen LogP contribution in [0.4, 0.5) is 14.6 Å². The summed E-state index contributed by atoms with van der Waals surface area (Å²) in [7, 11) is 0. The maximum absolute atomic E-state index is 13.3. The Labute approximate surface area is 154 Å². The molecule has 3 rings (SSSR count). The molecular weight excluding hydrogens is 354 g/mol. The first-order chi connectivity index (χ1) is 13.0. The van der Waals surface area contributed by atoms with Crippen molar-refractivity contribution in [2.75, 3.05) is 18.9 Å². The number of fused-ring (bicyclic) bond motifs is 1. The van der Waals surface area contributed by atoms with E-state index in [1.165, 1.54) is 12.4 Å². The first kappa shape index (κ1) is 18.7. The molecule has 8 heteroatoms. The van der Waals surface area contributed by atoms with Gasteiger partial charge in [-0.2, -0.15) is 0 Å². The number of carbonyl (C=O) groups excluding carboxylic acids is 1. The first-order valence-corrected chi connectivity index (χ1v) is 8.31. The summed E-state index contributed by atoms with van der Waals surface area (Å²) < 4.78 is 26.3. The van der Waals surface area contributed by atoms with E-state index in [2.05, 4.69) is 15.3 Å². The number of rotatable bonds is 6. The maximum atomic E-state index is 13.3.